The molecule has 74 valence electrons. The average Bonchev–Trinajstić information content (AvgIpc) is 1.43. The lowest BCUT2D eigenvalue weighted by atomic mass is 9.83. The van der Waals surface area contributed by atoms with E-state index < -0.39 is 0 Å². The lowest BCUT2D eigenvalue weighted by molar-refractivity contribution is 0.282. The van der Waals surface area contributed by atoms with Crippen LogP contribution in [0.5, 0.6) is 0 Å². The molecule has 0 aromatic carbocycles. The SMILES string of the molecule is CC(C)(C)CC([Si])([Si])CC(C)(C)C. The maximum Gasteiger partial charge on any atom is 0.0262 e. The third kappa shape index (κ3) is 8.76. The second kappa shape index (κ2) is 3.89. The van der Waals surface area contributed by atoms with E-state index in [2.05, 4.69) is 62.0 Å². The molecule has 2 heteroatoms. The van der Waals surface area contributed by atoms with Gasteiger partial charge in [0.1, 0.15) is 0 Å². The average molecular weight is 210 g/mol. The van der Waals surface area contributed by atoms with E-state index in [0.29, 0.717) is 10.8 Å². The molecule has 0 rings (SSSR count). The summed E-state index contributed by atoms with van der Waals surface area (Å²) in [5.41, 5.74) is 0.712. The Kier molecular flexibility index (Phi) is 4.02. The van der Waals surface area contributed by atoms with Gasteiger partial charge in [-0.05, 0) is 23.7 Å². The quantitative estimate of drug-likeness (QED) is 0.614. The summed E-state index contributed by atoms with van der Waals surface area (Å²) in [7, 11) is 7.64. The van der Waals surface area contributed by atoms with Crippen molar-refractivity contribution in [2.24, 2.45) is 10.8 Å². The number of hydrogen-bond donors (Lipinski definition) is 0. The van der Waals surface area contributed by atoms with E-state index in [0.717, 1.165) is 12.8 Å². The van der Waals surface area contributed by atoms with Gasteiger partial charge in [0.15, 0.2) is 0 Å². The molecule has 0 N–H and O–H groups in total. The highest BCUT2D eigenvalue weighted by molar-refractivity contribution is 6.39. The van der Waals surface area contributed by atoms with E-state index in [-0.39, 0.29) is 4.66 Å². The number of rotatable bonds is 2. The first-order valence-electron chi connectivity index (χ1n) is 4.91. The molecule has 0 aliphatic carbocycles. The first-order chi connectivity index (χ1) is 5.41. The van der Waals surface area contributed by atoms with Crippen LogP contribution in [0, 0.1) is 10.8 Å². The Morgan fingerprint density at radius 2 is 0.923 bits per heavy atom. The van der Waals surface area contributed by atoms with Crippen molar-refractivity contribution in [3.05, 3.63) is 0 Å². The third-order valence-corrected chi connectivity index (χ3v) is 2.37. The van der Waals surface area contributed by atoms with Gasteiger partial charge in [-0.15, -0.1) is 0 Å². The van der Waals surface area contributed by atoms with Gasteiger partial charge in [0.25, 0.3) is 0 Å². The maximum absolute atomic E-state index is 3.82. The van der Waals surface area contributed by atoms with Crippen molar-refractivity contribution in [2.75, 3.05) is 0 Å². The van der Waals surface area contributed by atoms with E-state index in [1.165, 1.54) is 0 Å². The van der Waals surface area contributed by atoms with Crippen molar-refractivity contribution in [2.45, 2.75) is 59.0 Å². The summed E-state index contributed by atoms with van der Waals surface area (Å²) in [6.07, 6.45) is 2.26. The van der Waals surface area contributed by atoms with Crippen LogP contribution in [-0.2, 0) is 0 Å². The molecule has 0 fully saturated rings. The predicted octanol–water partition coefficient (Wildman–Crippen LogP) is 3.31. The van der Waals surface area contributed by atoms with Crippen LogP contribution in [0.25, 0.3) is 0 Å². The highest BCUT2D eigenvalue weighted by Gasteiger charge is 2.29. The van der Waals surface area contributed by atoms with Crippen LogP contribution in [0.15, 0.2) is 0 Å². The molecule has 0 bridgehead atoms. The van der Waals surface area contributed by atoms with Crippen LogP contribution >= 0.6 is 0 Å². The van der Waals surface area contributed by atoms with Gasteiger partial charge < -0.3 is 0 Å². The predicted molar refractivity (Wildman–Crippen MR) is 62.3 cm³/mol. The van der Waals surface area contributed by atoms with Crippen molar-refractivity contribution in [1.29, 1.82) is 0 Å². The minimum atomic E-state index is 0.0799. The molecule has 0 atom stereocenters. The molecule has 13 heavy (non-hydrogen) atoms. The third-order valence-electron chi connectivity index (χ3n) is 1.66. The van der Waals surface area contributed by atoms with Gasteiger partial charge in [-0.2, -0.15) is 0 Å². The molecule has 0 aromatic rings. The van der Waals surface area contributed by atoms with Gasteiger partial charge in [-0.25, -0.2) is 0 Å². The second-order valence-electron chi connectivity index (χ2n) is 6.56. The van der Waals surface area contributed by atoms with Gasteiger partial charge in [0, 0.05) is 20.5 Å². The zero-order chi connectivity index (χ0) is 10.9. The summed E-state index contributed by atoms with van der Waals surface area (Å²) < 4.78 is 0.0799. The highest BCUT2D eigenvalue weighted by Crippen LogP contribution is 2.42. The monoisotopic (exact) mass is 210 g/mol. The van der Waals surface area contributed by atoms with Crippen LogP contribution in [0.3, 0.4) is 0 Å². The van der Waals surface area contributed by atoms with Crippen LogP contribution in [0.1, 0.15) is 54.4 Å². The molecule has 0 unspecified atom stereocenters. The molecule has 0 aliphatic heterocycles. The zero-order valence-electron chi connectivity index (χ0n) is 9.91. The fourth-order valence-corrected chi connectivity index (χ4v) is 3.99. The van der Waals surface area contributed by atoms with Gasteiger partial charge in [-0.1, -0.05) is 46.2 Å². The van der Waals surface area contributed by atoms with Crippen molar-refractivity contribution < 1.29 is 0 Å². The first-order valence-corrected chi connectivity index (χ1v) is 5.91. The molecular weight excluding hydrogens is 188 g/mol. The molecule has 0 heterocycles. The Morgan fingerprint density at radius 1 is 0.692 bits per heavy atom. The molecule has 0 saturated heterocycles. The van der Waals surface area contributed by atoms with Crippen molar-refractivity contribution in [3.8, 4) is 0 Å². The summed E-state index contributed by atoms with van der Waals surface area (Å²) in [5.74, 6) is 0. The molecule has 0 amide bonds. The van der Waals surface area contributed by atoms with Gasteiger partial charge >= 0.3 is 0 Å². The lowest BCUT2D eigenvalue weighted by Gasteiger charge is -2.37. The summed E-state index contributed by atoms with van der Waals surface area (Å²) in [6.45, 7) is 13.6. The lowest BCUT2D eigenvalue weighted by Crippen LogP contribution is -2.26. The normalized spacial score (nSPS) is 14.8. The minimum Gasteiger partial charge on any atom is -0.0602 e. The molecule has 0 spiro atoms. The Balaban J connectivity index is 4.25. The highest BCUT2D eigenvalue weighted by atomic mass is 28.2. The Labute approximate surface area is 90.7 Å². The van der Waals surface area contributed by atoms with Crippen molar-refractivity contribution in [1.82, 2.24) is 0 Å². The topological polar surface area (TPSA) is 0 Å². The smallest absolute Gasteiger partial charge is 0.0262 e. The van der Waals surface area contributed by atoms with E-state index in [4.69, 9.17) is 0 Å². The van der Waals surface area contributed by atoms with Crippen LogP contribution in [0.2, 0.25) is 4.66 Å². The van der Waals surface area contributed by atoms with Crippen molar-refractivity contribution in [3.63, 3.8) is 0 Å². The van der Waals surface area contributed by atoms with E-state index in [1.54, 1.807) is 0 Å². The standard InChI is InChI=1S/C11H22Si2/c1-9(2,3)7-11(12,13)8-10(4,5)6/h7-8H2,1-6H3. The molecule has 0 nitrogen and oxygen atoms in total. The molecule has 0 aliphatic rings. The minimum absolute atomic E-state index is 0.0799. The summed E-state index contributed by atoms with van der Waals surface area (Å²) in [4.78, 5) is 0. The zero-order valence-corrected chi connectivity index (χ0v) is 11.9. The molecule has 0 aromatic heterocycles. The van der Waals surface area contributed by atoms with Gasteiger partial charge in [0.2, 0.25) is 0 Å². The first kappa shape index (κ1) is 13.4. The summed E-state index contributed by atoms with van der Waals surface area (Å²) in [5, 5.41) is 0. The second-order valence-corrected chi connectivity index (χ2v) is 8.97. The van der Waals surface area contributed by atoms with E-state index >= 15 is 0 Å². The fourth-order valence-electron chi connectivity index (χ4n) is 1.87. The van der Waals surface area contributed by atoms with Crippen LogP contribution in [-0.4, -0.2) is 20.5 Å². The summed E-state index contributed by atoms with van der Waals surface area (Å²) in [6, 6.07) is 0. The Morgan fingerprint density at radius 3 is 1.08 bits per heavy atom. The fraction of sp³-hybridized carbons (Fsp3) is 1.00. The largest absolute Gasteiger partial charge is 0.0602 e. The Bertz CT molecular complexity index is 140. The summed E-state index contributed by atoms with van der Waals surface area (Å²) >= 11 is 0. The molecular formula is C11H22Si2. The van der Waals surface area contributed by atoms with Crippen molar-refractivity contribution >= 4 is 20.5 Å². The molecule has 6 radical (unpaired) electrons. The van der Waals surface area contributed by atoms with E-state index in [9.17, 15) is 0 Å². The molecule has 0 saturated carbocycles. The van der Waals surface area contributed by atoms with Crippen LogP contribution in [0.4, 0.5) is 0 Å². The van der Waals surface area contributed by atoms with Gasteiger partial charge in [0.05, 0.1) is 0 Å². The van der Waals surface area contributed by atoms with E-state index in [1.807, 2.05) is 0 Å². The maximum atomic E-state index is 3.82. The Hall–Kier alpha value is 0.434. The van der Waals surface area contributed by atoms with Gasteiger partial charge in [-0.3, -0.25) is 0 Å². The number of hydrogen-bond acceptors (Lipinski definition) is 0. The van der Waals surface area contributed by atoms with Crippen LogP contribution < -0.4 is 0 Å².